The van der Waals surface area contributed by atoms with E-state index in [1.807, 2.05) is 12.2 Å². The van der Waals surface area contributed by atoms with Crippen LogP contribution < -0.4 is 5.73 Å². The zero-order chi connectivity index (χ0) is 20.7. The maximum absolute atomic E-state index is 8.60. The zero-order valence-corrected chi connectivity index (χ0v) is 19.0. The second kappa shape index (κ2) is 10.5. The van der Waals surface area contributed by atoms with Gasteiger partial charge in [-0.1, -0.05) is 57.1 Å². The molecule has 2 aliphatic rings. The molecule has 4 unspecified atom stereocenters. The van der Waals surface area contributed by atoms with Crippen LogP contribution >= 0.6 is 11.6 Å². The fourth-order valence-electron chi connectivity index (χ4n) is 5.38. The molecule has 4 atom stereocenters. The summed E-state index contributed by atoms with van der Waals surface area (Å²) in [5.74, 6) is 0.635. The normalized spacial score (nSPS) is 25.4. The first kappa shape index (κ1) is 23.0. The van der Waals surface area contributed by atoms with E-state index < -0.39 is 0 Å². The molecule has 0 saturated carbocycles. The summed E-state index contributed by atoms with van der Waals surface area (Å²) in [6.45, 7) is 9.11. The van der Waals surface area contributed by atoms with Crippen LogP contribution in [0.3, 0.4) is 0 Å². The molecular formula is C25H39ClN2. The second-order valence-corrected chi connectivity index (χ2v) is 9.17. The van der Waals surface area contributed by atoms with E-state index in [4.69, 9.17) is 22.7 Å². The Morgan fingerprint density at radius 1 is 1.39 bits per heavy atom. The molecule has 0 fully saturated rings. The quantitative estimate of drug-likeness (QED) is 0.292. The summed E-state index contributed by atoms with van der Waals surface area (Å²) in [5.41, 5.74) is 11.1. The van der Waals surface area contributed by atoms with Gasteiger partial charge in [0, 0.05) is 17.3 Å². The molecule has 0 aromatic carbocycles. The number of rotatable bonds is 10. The Labute approximate surface area is 177 Å². The number of nitrogens with two attached hydrogens (primary N) is 1. The van der Waals surface area contributed by atoms with Crippen molar-refractivity contribution in [1.29, 1.82) is 5.41 Å². The molecule has 0 aromatic rings. The largest absolute Gasteiger partial charge is 0.399 e. The highest BCUT2D eigenvalue weighted by molar-refractivity contribution is 6.24. The molecule has 2 rings (SSSR count). The molecule has 2 aliphatic carbocycles. The van der Waals surface area contributed by atoms with Crippen LogP contribution in [0.5, 0.6) is 0 Å². The summed E-state index contributed by atoms with van der Waals surface area (Å²) < 4.78 is 0. The van der Waals surface area contributed by atoms with Gasteiger partial charge in [0.15, 0.2) is 0 Å². The summed E-state index contributed by atoms with van der Waals surface area (Å²) in [4.78, 5) is 0. The average Bonchev–Trinajstić information content (AvgIpc) is 2.66. The van der Waals surface area contributed by atoms with Crippen LogP contribution in [0, 0.1) is 22.7 Å². The fraction of sp³-hybridized carbons (Fsp3) is 0.640. The van der Waals surface area contributed by atoms with Gasteiger partial charge in [-0.2, -0.15) is 0 Å². The number of allylic oxidation sites excluding steroid dienone is 7. The van der Waals surface area contributed by atoms with Crippen molar-refractivity contribution in [3.05, 3.63) is 47.2 Å². The van der Waals surface area contributed by atoms with E-state index >= 15 is 0 Å². The minimum absolute atomic E-state index is 0.0652. The van der Waals surface area contributed by atoms with Crippen LogP contribution in [-0.4, -0.2) is 11.1 Å². The first-order valence-corrected chi connectivity index (χ1v) is 11.5. The molecule has 0 heterocycles. The summed E-state index contributed by atoms with van der Waals surface area (Å²) in [5, 5.41) is 8.52. The molecule has 0 aromatic heterocycles. The van der Waals surface area contributed by atoms with Crippen molar-refractivity contribution in [3.8, 4) is 0 Å². The van der Waals surface area contributed by atoms with Crippen molar-refractivity contribution in [2.75, 3.05) is 0 Å². The molecule has 0 radical (unpaired) electrons. The van der Waals surface area contributed by atoms with Crippen molar-refractivity contribution in [1.82, 2.24) is 0 Å². The minimum atomic E-state index is -0.0799. The third-order valence-corrected chi connectivity index (χ3v) is 7.40. The molecule has 2 nitrogen and oxygen atoms in total. The van der Waals surface area contributed by atoms with Gasteiger partial charge in [0.1, 0.15) is 0 Å². The van der Waals surface area contributed by atoms with Gasteiger partial charge in [-0.3, -0.25) is 0 Å². The Morgan fingerprint density at radius 2 is 2.14 bits per heavy atom. The van der Waals surface area contributed by atoms with Gasteiger partial charge in [-0.25, -0.2) is 0 Å². The second-order valence-electron chi connectivity index (χ2n) is 8.67. The Bertz CT molecular complexity index is 670. The maximum atomic E-state index is 8.60. The van der Waals surface area contributed by atoms with Crippen LogP contribution in [0.15, 0.2) is 47.2 Å². The van der Waals surface area contributed by atoms with Gasteiger partial charge >= 0.3 is 0 Å². The molecule has 156 valence electrons. The predicted octanol–water partition coefficient (Wildman–Crippen LogP) is 7.31. The van der Waals surface area contributed by atoms with Gasteiger partial charge in [0.25, 0.3) is 0 Å². The number of halogens is 1. The minimum Gasteiger partial charge on any atom is -0.399 e. The highest BCUT2D eigenvalue weighted by Gasteiger charge is 2.38. The SMILES string of the molecule is CCCC(CC)(C1=C(N)C=CCC1)C(C)CCCC(=N)C1C(C)=CC=CC1Cl. The van der Waals surface area contributed by atoms with Gasteiger partial charge in [-0.05, 0) is 74.9 Å². The van der Waals surface area contributed by atoms with Crippen LogP contribution in [0.25, 0.3) is 0 Å². The lowest BCUT2D eigenvalue weighted by molar-refractivity contribution is 0.177. The molecule has 0 spiro atoms. The monoisotopic (exact) mass is 402 g/mol. The van der Waals surface area contributed by atoms with E-state index in [1.54, 1.807) is 0 Å². The first-order chi connectivity index (χ1) is 13.4. The lowest BCUT2D eigenvalue weighted by atomic mass is 9.62. The van der Waals surface area contributed by atoms with Crippen LogP contribution in [0.1, 0.15) is 79.1 Å². The third-order valence-electron chi connectivity index (χ3n) is 7.00. The lowest BCUT2D eigenvalue weighted by Crippen LogP contribution is -2.33. The zero-order valence-electron chi connectivity index (χ0n) is 18.2. The highest BCUT2D eigenvalue weighted by Crippen LogP contribution is 2.49. The molecule has 0 aliphatic heterocycles. The number of alkyl halides is 1. The smallest absolute Gasteiger partial charge is 0.0636 e. The number of hydrogen-bond donors (Lipinski definition) is 2. The van der Waals surface area contributed by atoms with E-state index in [9.17, 15) is 0 Å². The molecule has 0 bridgehead atoms. The Balaban J connectivity index is 2.05. The van der Waals surface area contributed by atoms with Gasteiger partial charge in [0.2, 0.25) is 0 Å². The van der Waals surface area contributed by atoms with E-state index in [0.717, 1.165) is 49.9 Å². The molecule has 0 saturated heterocycles. The fourth-order valence-corrected chi connectivity index (χ4v) is 5.81. The standard InChI is InChI=1S/C25H39ClN2/c1-5-17-25(6-2,20-13-7-8-15-22(20)27)19(4)12-10-16-23(28)24-18(3)11-9-14-21(24)26/h8-9,11,14-15,19,21,24,28H,5-7,10,12-13,16-17,27H2,1-4H3. The van der Waals surface area contributed by atoms with E-state index in [2.05, 4.69) is 45.9 Å². The topological polar surface area (TPSA) is 49.9 Å². The van der Waals surface area contributed by atoms with Crippen LogP contribution in [-0.2, 0) is 0 Å². The Hall–Kier alpha value is -1.28. The van der Waals surface area contributed by atoms with Crippen molar-refractivity contribution in [2.24, 2.45) is 23.0 Å². The van der Waals surface area contributed by atoms with E-state index in [-0.39, 0.29) is 16.7 Å². The highest BCUT2D eigenvalue weighted by atomic mass is 35.5. The van der Waals surface area contributed by atoms with E-state index in [0.29, 0.717) is 5.92 Å². The third kappa shape index (κ3) is 5.00. The van der Waals surface area contributed by atoms with E-state index in [1.165, 1.54) is 24.0 Å². The first-order valence-electron chi connectivity index (χ1n) is 11.1. The molecule has 3 heteroatoms. The van der Waals surface area contributed by atoms with Gasteiger partial charge in [0.05, 0.1) is 5.38 Å². The molecule has 28 heavy (non-hydrogen) atoms. The summed E-state index contributed by atoms with van der Waals surface area (Å²) in [6, 6.07) is 0. The number of hydrogen-bond acceptors (Lipinski definition) is 2. The van der Waals surface area contributed by atoms with Crippen molar-refractivity contribution in [3.63, 3.8) is 0 Å². The van der Waals surface area contributed by atoms with Crippen molar-refractivity contribution < 1.29 is 0 Å². The van der Waals surface area contributed by atoms with Crippen molar-refractivity contribution >= 4 is 17.3 Å². The Kier molecular flexibility index (Phi) is 8.61. The predicted molar refractivity (Wildman–Crippen MR) is 124 cm³/mol. The Morgan fingerprint density at radius 3 is 2.75 bits per heavy atom. The number of nitrogens with one attached hydrogen (secondary N) is 1. The lowest BCUT2D eigenvalue weighted by Gasteiger charge is -2.43. The van der Waals surface area contributed by atoms with Crippen LogP contribution in [0.4, 0.5) is 0 Å². The van der Waals surface area contributed by atoms with Crippen molar-refractivity contribution in [2.45, 2.75) is 84.4 Å². The van der Waals surface area contributed by atoms with Gasteiger partial charge in [-0.15, -0.1) is 11.6 Å². The molecule has 3 N–H and O–H groups in total. The van der Waals surface area contributed by atoms with Gasteiger partial charge < -0.3 is 11.1 Å². The molecule has 0 amide bonds. The summed E-state index contributed by atoms with van der Waals surface area (Å²) in [6.07, 6.45) is 19.2. The maximum Gasteiger partial charge on any atom is 0.0636 e. The summed E-state index contributed by atoms with van der Waals surface area (Å²) >= 11 is 6.47. The molecular weight excluding hydrogens is 364 g/mol. The van der Waals surface area contributed by atoms with Crippen LogP contribution in [0.2, 0.25) is 0 Å². The average molecular weight is 403 g/mol. The summed E-state index contributed by atoms with van der Waals surface area (Å²) in [7, 11) is 0.